The second-order valence-corrected chi connectivity index (χ2v) is 15.4. The predicted octanol–water partition coefficient (Wildman–Crippen LogP) is 4.76. The summed E-state index contributed by atoms with van der Waals surface area (Å²) in [6.45, 7) is 7.37. The fourth-order valence-electron chi connectivity index (χ4n) is 4.36. The van der Waals surface area contributed by atoms with Crippen LogP contribution in [0.1, 0.15) is 40.0 Å². The van der Waals surface area contributed by atoms with Gasteiger partial charge in [-0.15, -0.1) is 0 Å². The van der Waals surface area contributed by atoms with E-state index < -0.39 is 19.8 Å². The Balaban J connectivity index is 2.03. The molecule has 2 aromatic rings. The van der Waals surface area contributed by atoms with E-state index in [9.17, 15) is 0 Å². The molecule has 0 amide bonds. The Hall–Kier alpha value is -0.761. The molecule has 1 aliphatic rings. The summed E-state index contributed by atoms with van der Waals surface area (Å²) in [5.74, 6) is 2.63. The summed E-state index contributed by atoms with van der Waals surface area (Å²) in [5.41, 5.74) is 0. The van der Waals surface area contributed by atoms with Gasteiger partial charge in [0.15, 0.2) is 0 Å². The maximum absolute atomic E-state index is 2.47. The molecule has 3 atom stereocenters. The summed E-state index contributed by atoms with van der Waals surface area (Å²) in [5, 5.41) is 0. The number of benzene rings is 2. The number of hydrogen-bond donors (Lipinski definition) is 0. The molecule has 0 N–H and O–H groups in total. The Kier molecular flexibility index (Phi) is 5.85. The molecule has 1 saturated carbocycles. The zero-order chi connectivity index (χ0) is 16.2. The van der Waals surface area contributed by atoms with Gasteiger partial charge in [-0.1, -0.05) is 0 Å². The first-order valence-electron chi connectivity index (χ1n) is 9.14. The molecule has 1 radical (unpaired) electrons. The topological polar surface area (TPSA) is 0 Å². The minimum atomic E-state index is -1.90. The van der Waals surface area contributed by atoms with Crippen LogP contribution in [-0.4, -0.2) is 19.8 Å². The molecule has 0 aromatic heterocycles. The first-order chi connectivity index (χ1) is 11.2. The first-order valence-corrected chi connectivity index (χ1v) is 13.6. The van der Waals surface area contributed by atoms with Crippen molar-refractivity contribution >= 4 is 26.9 Å². The van der Waals surface area contributed by atoms with Gasteiger partial charge < -0.3 is 0 Å². The molecule has 1 aliphatic carbocycles. The normalized spacial score (nSPS) is 25.0. The molecule has 1 heteroatoms. The summed E-state index contributed by atoms with van der Waals surface area (Å²) >= 11 is -1.90. The molecule has 121 valence electrons. The van der Waals surface area contributed by atoms with Gasteiger partial charge in [0.1, 0.15) is 0 Å². The van der Waals surface area contributed by atoms with Gasteiger partial charge in [0.2, 0.25) is 0 Å². The third-order valence-electron chi connectivity index (χ3n) is 5.56. The molecule has 23 heavy (non-hydrogen) atoms. The Bertz CT molecular complexity index is 550. The number of hydrogen-bond acceptors (Lipinski definition) is 0. The van der Waals surface area contributed by atoms with E-state index in [1.807, 2.05) is 0 Å². The van der Waals surface area contributed by atoms with Gasteiger partial charge in [0.25, 0.3) is 0 Å². The molecule has 2 aromatic carbocycles. The molecule has 0 saturated heterocycles. The van der Waals surface area contributed by atoms with Crippen molar-refractivity contribution in [3.63, 3.8) is 0 Å². The monoisotopic (exact) mass is 413 g/mol. The van der Waals surface area contributed by atoms with Crippen LogP contribution in [0.2, 0.25) is 3.93 Å². The van der Waals surface area contributed by atoms with Crippen LogP contribution in [0, 0.1) is 17.8 Å². The third-order valence-corrected chi connectivity index (χ3v) is 15.0. The van der Waals surface area contributed by atoms with Crippen molar-refractivity contribution in [1.29, 1.82) is 0 Å². The Labute approximate surface area is 149 Å². The van der Waals surface area contributed by atoms with Crippen LogP contribution >= 0.6 is 0 Å². The zero-order valence-electron chi connectivity index (χ0n) is 14.7. The second-order valence-electron chi connectivity index (χ2n) is 7.58. The van der Waals surface area contributed by atoms with Crippen LogP contribution in [0.3, 0.4) is 0 Å². The average Bonchev–Trinajstić information content (AvgIpc) is 2.57. The van der Waals surface area contributed by atoms with E-state index in [-0.39, 0.29) is 0 Å². The van der Waals surface area contributed by atoms with E-state index in [1.54, 1.807) is 7.16 Å². The Morgan fingerprint density at radius 1 is 0.826 bits per heavy atom. The van der Waals surface area contributed by atoms with Crippen molar-refractivity contribution in [2.45, 2.75) is 44.0 Å². The molecule has 3 rings (SSSR count). The van der Waals surface area contributed by atoms with Crippen molar-refractivity contribution < 1.29 is 0 Å². The molecule has 0 aliphatic heterocycles. The van der Waals surface area contributed by atoms with Crippen LogP contribution in [0.25, 0.3) is 0 Å². The van der Waals surface area contributed by atoms with Gasteiger partial charge in [-0.05, 0) is 0 Å². The summed E-state index contributed by atoms with van der Waals surface area (Å²) in [6, 6.07) is 23.0. The van der Waals surface area contributed by atoms with E-state index >= 15 is 0 Å². The fraction of sp³-hybridized carbons (Fsp3) is 0.455. The van der Waals surface area contributed by atoms with Crippen LogP contribution in [0.5, 0.6) is 0 Å². The van der Waals surface area contributed by atoms with Gasteiger partial charge >= 0.3 is 149 Å². The van der Waals surface area contributed by atoms with Crippen molar-refractivity contribution in [1.82, 2.24) is 0 Å². The molecule has 0 heterocycles. The molecule has 0 bridgehead atoms. The van der Waals surface area contributed by atoms with Crippen molar-refractivity contribution in [2.75, 3.05) is 0 Å². The summed E-state index contributed by atoms with van der Waals surface area (Å²) in [6.07, 6.45) is 4.31. The van der Waals surface area contributed by atoms with E-state index in [0.717, 1.165) is 21.7 Å². The van der Waals surface area contributed by atoms with E-state index in [4.69, 9.17) is 0 Å². The summed E-state index contributed by atoms with van der Waals surface area (Å²) in [7, 11) is 0. The number of rotatable bonds is 4. The van der Waals surface area contributed by atoms with Gasteiger partial charge in [0, 0.05) is 0 Å². The van der Waals surface area contributed by atoms with Gasteiger partial charge in [0.05, 0.1) is 0 Å². The van der Waals surface area contributed by atoms with Gasteiger partial charge in [-0.3, -0.25) is 0 Å². The molecular weight excluding hydrogens is 383 g/mol. The maximum atomic E-state index is 2.47. The molecule has 0 nitrogen and oxygen atoms in total. The van der Waals surface area contributed by atoms with Crippen LogP contribution in [0.4, 0.5) is 0 Å². The van der Waals surface area contributed by atoms with Crippen molar-refractivity contribution in [2.24, 2.45) is 17.8 Å². The summed E-state index contributed by atoms with van der Waals surface area (Å²) in [4.78, 5) is 0. The molecular formula is C22H29Sn. The fourth-order valence-corrected chi connectivity index (χ4v) is 15.5. The van der Waals surface area contributed by atoms with E-state index in [0.29, 0.717) is 0 Å². The van der Waals surface area contributed by atoms with Crippen LogP contribution in [-0.2, 0) is 0 Å². The van der Waals surface area contributed by atoms with Crippen molar-refractivity contribution in [3.8, 4) is 0 Å². The molecule has 0 unspecified atom stereocenters. The van der Waals surface area contributed by atoms with E-state index in [2.05, 4.69) is 81.4 Å². The minimum absolute atomic E-state index is 0.815. The van der Waals surface area contributed by atoms with Gasteiger partial charge in [-0.25, -0.2) is 0 Å². The Morgan fingerprint density at radius 3 is 1.83 bits per heavy atom. The molecule has 1 fully saturated rings. The third kappa shape index (κ3) is 4.02. The predicted molar refractivity (Wildman–Crippen MR) is 103 cm³/mol. The molecule has 0 spiro atoms. The first kappa shape index (κ1) is 17.1. The van der Waals surface area contributed by atoms with Crippen LogP contribution in [0.15, 0.2) is 60.7 Å². The quantitative estimate of drug-likeness (QED) is 0.636. The van der Waals surface area contributed by atoms with E-state index in [1.165, 1.54) is 19.3 Å². The second kappa shape index (κ2) is 7.87. The summed E-state index contributed by atoms with van der Waals surface area (Å²) < 4.78 is 4.32. The van der Waals surface area contributed by atoms with Gasteiger partial charge in [-0.2, -0.15) is 0 Å². The standard InChI is InChI=1S/C10H19.2C6H5.Sn/c1-8(2)10-6-4-9(3)5-7-10;2*1-2-4-6-5-3-1;/h6,8-10H,4-5,7H2,1-3H3;2*1-5H;/t9-,10+;;;/m0.../s1. The SMILES string of the molecule is CC(C)[C@H]1CC[C@@H](C)C[C@H]1[Sn]([c]1ccccc1)[c]1ccccc1. The Morgan fingerprint density at radius 2 is 1.35 bits per heavy atom. The van der Waals surface area contributed by atoms with Crippen molar-refractivity contribution in [3.05, 3.63) is 60.7 Å². The zero-order valence-corrected chi connectivity index (χ0v) is 17.6. The van der Waals surface area contributed by atoms with Crippen LogP contribution < -0.4 is 7.16 Å². The average molecular weight is 412 g/mol.